The number of aryl methyl sites for hydroxylation is 1. The Morgan fingerprint density at radius 2 is 1.65 bits per heavy atom. The summed E-state index contributed by atoms with van der Waals surface area (Å²) in [5.41, 5.74) is 2.74. The molecule has 0 unspecified atom stereocenters. The Morgan fingerprint density at radius 1 is 1.12 bits per heavy atom. The quantitative estimate of drug-likeness (QED) is 0.797. The molecular weight excluding hydrogens is 212 g/mol. The second-order valence-electron chi connectivity index (χ2n) is 4.29. The SMILES string of the molecule is CNC=O.Cc1ccc(N2CCCCC2)cc1. The number of amides is 1. The van der Waals surface area contributed by atoms with Gasteiger partial charge in [0.2, 0.25) is 6.41 Å². The minimum atomic E-state index is 0.625. The van der Waals surface area contributed by atoms with Crippen LogP contribution >= 0.6 is 0 Å². The van der Waals surface area contributed by atoms with Crippen molar-refractivity contribution in [2.45, 2.75) is 26.2 Å². The van der Waals surface area contributed by atoms with Gasteiger partial charge in [-0.15, -0.1) is 0 Å². The summed E-state index contributed by atoms with van der Waals surface area (Å²) in [6.07, 6.45) is 4.74. The van der Waals surface area contributed by atoms with Crippen LogP contribution in [0.25, 0.3) is 0 Å². The van der Waals surface area contributed by atoms with Crippen LogP contribution in [-0.4, -0.2) is 26.5 Å². The van der Waals surface area contributed by atoms with Gasteiger partial charge >= 0.3 is 0 Å². The average Bonchev–Trinajstić information content (AvgIpc) is 2.41. The molecule has 0 radical (unpaired) electrons. The normalized spacial score (nSPS) is 14.6. The zero-order valence-corrected chi connectivity index (χ0v) is 10.8. The molecule has 0 saturated carbocycles. The molecule has 0 aromatic heterocycles. The Hall–Kier alpha value is -1.51. The number of hydrogen-bond acceptors (Lipinski definition) is 2. The lowest BCUT2D eigenvalue weighted by Crippen LogP contribution is -2.29. The van der Waals surface area contributed by atoms with Gasteiger partial charge in [-0.1, -0.05) is 17.7 Å². The van der Waals surface area contributed by atoms with Crippen LogP contribution in [0.15, 0.2) is 24.3 Å². The molecule has 1 saturated heterocycles. The molecule has 17 heavy (non-hydrogen) atoms. The van der Waals surface area contributed by atoms with Crippen molar-refractivity contribution in [2.75, 3.05) is 25.0 Å². The standard InChI is InChI=1S/C12H17N.C2H5NO/c1-11-5-7-12(8-6-11)13-9-3-2-4-10-13;1-3-2-4/h5-8H,2-4,9-10H2,1H3;2H,1H3,(H,3,4). The third-order valence-electron chi connectivity index (χ3n) is 2.87. The lowest BCUT2D eigenvalue weighted by molar-refractivity contribution is -0.109. The Balaban J connectivity index is 0.000000317. The number of rotatable bonds is 2. The second kappa shape index (κ2) is 7.71. The number of piperidine rings is 1. The maximum Gasteiger partial charge on any atom is 0.206 e. The molecule has 3 nitrogen and oxygen atoms in total. The first-order valence-electron chi connectivity index (χ1n) is 6.20. The van der Waals surface area contributed by atoms with E-state index in [4.69, 9.17) is 4.79 Å². The highest BCUT2D eigenvalue weighted by atomic mass is 16.1. The molecule has 0 bridgehead atoms. The molecule has 0 spiro atoms. The van der Waals surface area contributed by atoms with Crippen molar-refractivity contribution in [3.8, 4) is 0 Å². The fourth-order valence-electron chi connectivity index (χ4n) is 1.91. The molecule has 0 atom stereocenters. The van der Waals surface area contributed by atoms with E-state index in [1.807, 2.05) is 0 Å². The molecule has 0 aliphatic carbocycles. The van der Waals surface area contributed by atoms with Gasteiger partial charge in [0.05, 0.1) is 0 Å². The van der Waals surface area contributed by atoms with E-state index in [0.717, 1.165) is 0 Å². The zero-order chi connectivity index (χ0) is 12.5. The number of hydrogen-bond donors (Lipinski definition) is 1. The highest BCUT2D eigenvalue weighted by Crippen LogP contribution is 2.19. The van der Waals surface area contributed by atoms with E-state index in [1.165, 1.54) is 43.6 Å². The third-order valence-corrected chi connectivity index (χ3v) is 2.87. The smallest absolute Gasteiger partial charge is 0.206 e. The summed E-state index contributed by atoms with van der Waals surface area (Å²) >= 11 is 0. The van der Waals surface area contributed by atoms with Crippen LogP contribution < -0.4 is 10.2 Å². The van der Waals surface area contributed by atoms with Crippen LogP contribution in [-0.2, 0) is 4.79 Å². The van der Waals surface area contributed by atoms with Gasteiger partial charge in [0, 0.05) is 25.8 Å². The molecule has 1 fully saturated rings. The largest absolute Gasteiger partial charge is 0.372 e. The molecule has 3 heteroatoms. The minimum Gasteiger partial charge on any atom is -0.372 e. The summed E-state index contributed by atoms with van der Waals surface area (Å²) in [4.78, 5) is 11.6. The van der Waals surface area contributed by atoms with Crippen molar-refractivity contribution in [1.29, 1.82) is 0 Å². The van der Waals surface area contributed by atoms with Crippen LogP contribution in [0.3, 0.4) is 0 Å². The molecule has 2 rings (SSSR count). The fourth-order valence-corrected chi connectivity index (χ4v) is 1.91. The van der Waals surface area contributed by atoms with Gasteiger partial charge in [0.15, 0.2) is 0 Å². The predicted molar refractivity (Wildman–Crippen MR) is 72.4 cm³/mol. The maximum absolute atomic E-state index is 9.06. The third kappa shape index (κ3) is 4.89. The first-order valence-corrected chi connectivity index (χ1v) is 6.20. The summed E-state index contributed by atoms with van der Waals surface area (Å²) in [6, 6.07) is 8.87. The van der Waals surface area contributed by atoms with Crippen molar-refractivity contribution in [3.05, 3.63) is 29.8 Å². The van der Waals surface area contributed by atoms with E-state index in [-0.39, 0.29) is 0 Å². The first-order chi connectivity index (χ1) is 8.27. The molecule has 1 aliphatic rings. The highest BCUT2D eigenvalue weighted by Gasteiger charge is 2.09. The summed E-state index contributed by atoms with van der Waals surface area (Å²) < 4.78 is 0. The number of nitrogens with one attached hydrogen (secondary N) is 1. The van der Waals surface area contributed by atoms with Crippen LogP contribution in [0, 0.1) is 6.92 Å². The Bertz CT molecular complexity index is 315. The van der Waals surface area contributed by atoms with Gasteiger partial charge < -0.3 is 10.2 Å². The molecular formula is C14H22N2O. The second-order valence-corrected chi connectivity index (χ2v) is 4.29. The van der Waals surface area contributed by atoms with Crippen LogP contribution in [0.1, 0.15) is 24.8 Å². The monoisotopic (exact) mass is 234 g/mol. The van der Waals surface area contributed by atoms with Crippen molar-refractivity contribution >= 4 is 12.1 Å². The molecule has 1 aliphatic heterocycles. The van der Waals surface area contributed by atoms with E-state index in [0.29, 0.717) is 6.41 Å². The molecule has 1 amide bonds. The van der Waals surface area contributed by atoms with Crippen molar-refractivity contribution in [2.24, 2.45) is 0 Å². The number of carbonyl (C=O) groups excluding carboxylic acids is 1. The number of benzene rings is 1. The van der Waals surface area contributed by atoms with Gasteiger partial charge in [0.1, 0.15) is 0 Å². The van der Waals surface area contributed by atoms with E-state index >= 15 is 0 Å². The Labute approximate surface area is 104 Å². The van der Waals surface area contributed by atoms with Crippen molar-refractivity contribution in [1.82, 2.24) is 5.32 Å². The van der Waals surface area contributed by atoms with Gasteiger partial charge in [-0.2, -0.15) is 0 Å². The lowest BCUT2D eigenvalue weighted by Gasteiger charge is -2.28. The lowest BCUT2D eigenvalue weighted by atomic mass is 10.1. The Kier molecular flexibility index (Phi) is 6.15. The highest BCUT2D eigenvalue weighted by molar-refractivity contribution is 5.47. The topological polar surface area (TPSA) is 32.3 Å². The number of carbonyl (C=O) groups is 1. The Morgan fingerprint density at radius 3 is 2.12 bits per heavy atom. The predicted octanol–water partition coefficient (Wildman–Crippen LogP) is 2.35. The molecule has 94 valence electrons. The van der Waals surface area contributed by atoms with Crippen molar-refractivity contribution < 1.29 is 4.79 Å². The first kappa shape index (κ1) is 13.6. The van der Waals surface area contributed by atoms with Crippen molar-refractivity contribution in [3.63, 3.8) is 0 Å². The molecule has 1 aromatic rings. The fraction of sp³-hybridized carbons (Fsp3) is 0.500. The average molecular weight is 234 g/mol. The van der Waals surface area contributed by atoms with E-state index in [9.17, 15) is 0 Å². The molecule has 1 aromatic carbocycles. The minimum absolute atomic E-state index is 0.625. The zero-order valence-electron chi connectivity index (χ0n) is 10.8. The number of nitrogens with zero attached hydrogens (tertiary/aromatic N) is 1. The summed E-state index contributed by atoms with van der Waals surface area (Å²) in [5.74, 6) is 0. The number of anilines is 1. The van der Waals surface area contributed by atoms with Gasteiger partial charge in [-0.3, -0.25) is 4.79 Å². The van der Waals surface area contributed by atoms with Gasteiger partial charge in [-0.25, -0.2) is 0 Å². The van der Waals surface area contributed by atoms with Gasteiger partial charge in [0.25, 0.3) is 0 Å². The van der Waals surface area contributed by atoms with Crippen LogP contribution in [0.2, 0.25) is 0 Å². The summed E-state index contributed by atoms with van der Waals surface area (Å²) in [7, 11) is 1.56. The molecule has 1 heterocycles. The van der Waals surface area contributed by atoms with Gasteiger partial charge in [-0.05, 0) is 38.3 Å². The summed E-state index contributed by atoms with van der Waals surface area (Å²) in [6.45, 7) is 4.62. The van der Waals surface area contributed by atoms with Crippen LogP contribution in [0.4, 0.5) is 5.69 Å². The van der Waals surface area contributed by atoms with E-state index in [1.54, 1.807) is 7.05 Å². The van der Waals surface area contributed by atoms with E-state index < -0.39 is 0 Å². The molecule has 1 N–H and O–H groups in total. The summed E-state index contributed by atoms with van der Waals surface area (Å²) in [5, 5.41) is 2.25. The van der Waals surface area contributed by atoms with Crippen LogP contribution in [0.5, 0.6) is 0 Å². The van der Waals surface area contributed by atoms with E-state index in [2.05, 4.69) is 41.4 Å². The maximum atomic E-state index is 9.06.